The summed E-state index contributed by atoms with van der Waals surface area (Å²) in [6, 6.07) is 11.7. The minimum atomic E-state index is 0.672. The Hall–Kier alpha value is -2.34. The van der Waals surface area contributed by atoms with Gasteiger partial charge in [-0.2, -0.15) is 5.10 Å². The molecule has 0 amide bonds. The second-order valence-electron chi connectivity index (χ2n) is 5.07. The van der Waals surface area contributed by atoms with Crippen LogP contribution in [-0.4, -0.2) is 16.8 Å². The van der Waals surface area contributed by atoms with E-state index < -0.39 is 0 Å². The van der Waals surface area contributed by atoms with Gasteiger partial charge in [-0.1, -0.05) is 25.7 Å². The Morgan fingerprint density at radius 1 is 0.909 bits per heavy atom. The highest BCUT2D eigenvalue weighted by atomic mass is 16.5. The van der Waals surface area contributed by atoms with Gasteiger partial charge in [-0.15, -0.1) is 5.10 Å². The molecule has 0 unspecified atom stereocenters. The smallest absolute Gasteiger partial charge is 0.136 e. The number of ether oxygens (including phenoxy) is 1. The molecule has 2 rings (SSSR count). The highest BCUT2D eigenvalue weighted by molar-refractivity contribution is 5.42. The molecule has 3 nitrogen and oxygen atoms in total. The molecule has 1 aromatic carbocycles. The molecule has 0 bridgehead atoms. The van der Waals surface area contributed by atoms with Crippen LogP contribution in [0.1, 0.15) is 50.1 Å². The first-order valence-corrected chi connectivity index (χ1v) is 7.89. The fourth-order valence-electron chi connectivity index (χ4n) is 2.05. The second kappa shape index (κ2) is 8.84. The maximum atomic E-state index is 5.41. The molecule has 1 heterocycles. The zero-order chi connectivity index (χ0) is 15.6. The molecule has 0 atom stereocenters. The summed E-state index contributed by atoms with van der Waals surface area (Å²) in [6.07, 6.45) is 4.62. The number of unbranched alkanes of at least 4 members (excludes halogenated alkanes) is 2. The van der Waals surface area contributed by atoms with E-state index in [4.69, 9.17) is 4.74 Å². The van der Waals surface area contributed by atoms with Gasteiger partial charge in [0.2, 0.25) is 0 Å². The van der Waals surface area contributed by atoms with Crippen LogP contribution in [0.2, 0.25) is 0 Å². The predicted molar refractivity (Wildman–Crippen MR) is 88.9 cm³/mol. The van der Waals surface area contributed by atoms with Gasteiger partial charge < -0.3 is 4.74 Å². The first-order valence-electron chi connectivity index (χ1n) is 7.89. The van der Waals surface area contributed by atoms with E-state index in [-0.39, 0.29) is 0 Å². The van der Waals surface area contributed by atoms with Gasteiger partial charge in [0, 0.05) is 5.56 Å². The summed E-state index contributed by atoms with van der Waals surface area (Å²) < 4.78 is 5.41. The van der Waals surface area contributed by atoms with E-state index in [1.165, 1.54) is 19.3 Å². The van der Waals surface area contributed by atoms with Gasteiger partial charge in [0.05, 0.1) is 12.3 Å². The molecule has 0 radical (unpaired) electrons. The molecule has 0 saturated carbocycles. The fourth-order valence-corrected chi connectivity index (χ4v) is 2.05. The van der Waals surface area contributed by atoms with Gasteiger partial charge >= 0.3 is 0 Å². The maximum Gasteiger partial charge on any atom is 0.136 e. The van der Waals surface area contributed by atoms with Crippen molar-refractivity contribution in [2.24, 2.45) is 0 Å². The van der Waals surface area contributed by atoms with Crippen LogP contribution in [0.15, 0.2) is 36.4 Å². The summed E-state index contributed by atoms with van der Waals surface area (Å²) in [6.45, 7) is 4.84. The van der Waals surface area contributed by atoms with Gasteiger partial charge in [-0.05, 0) is 62.1 Å². The lowest BCUT2D eigenvalue weighted by Gasteiger charge is -2.01. The molecule has 0 spiro atoms. The predicted octanol–water partition coefficient (Wildman–Crippen LogP) is 4.01. The minimum absolute atomic E-state index is 0.672. The van der Waals surface area contributed by atoms with Crippen molar-refractivity contribution in [3.05, 3.63) is 53.3 Å². The van der Waals surface area contributed by atoms with Crippen molar-refractivity contribution in [2.75, 3.05) is 6.61 Å². The standard InChI is InChI=1S/C19H22N2O/c1-3-5-6-7-17-12-13-18(21-20-17)11-8-16-9-14-19(15-10-16)22-4-2/h9-10,12-15H,3-7H2,1-2H3. The van der Waals surface area contributed by atoms with Crippen molar-refractivity contribution < 1.29 is 4.74 Å². The zero-order valence-corrected chi connectivity index (χ0v) is 13.3. The van der Waals surface area contributed by atoms with Crippen molar-refractivity contribution >= 4 is 0 Å². The first-order chi connectivity index (χ1) is 10.8. The molecule has 0 aliphatic rings. The van der Waals surface area contributed by atoms with E-state index in [9.17, 15) is 0 Å². The Labute approximate surface area is 132 Å². The van der Waals surface area contributed by atoms with E-state index in [0.29, 0.717) is 12.3 Å². The largest absolute Gasteiger partial charge is 0.494 e. The summed E-state index contributed by atoms with van der Waals surface area (Å²) in [7, 11) is 0. The quantitative estimate of drug-likeness (QED) is 0.596. The molecule has 22 heavy (non-hydrogen) atoms. The van der Waals surface area contributed by atoms with E-state index in [0.717, 1.165) is 23.4 Å². The summed E-state index contributed by atoms with van der Waals surface area (Å²) in [4.78, 5) is 0. The van der Waals surface area contributed by atoms with Crippen LogP contribution >= 0.6 is 0 Å². The molecule has 3 heteroatoms. The number of benzene rings is 1. The molecule has 0 aliphatic heterocycles. The summed E-state index contributed by atoms with van der Waals surface area (Å²) in [5, 5.41) is 8.40. The molecular formula is C19H22N2O. The third kappa shape index (κ3) is 5.21. The average molecular weight is 294 g/mol. The lowest BCUT2D eigenvalue weighted by Crippen LogP contribution is -1.95. The van der Waals surface area contributed by atoms with Crippen LogP contribution in [0.5, 0.6) is 5.75 Å². The highest BCUT2D eigenvalue weighted by Gasteiger charge is 1.96. The third-order valence-corrected chi connectivity index (χ3v) is 3.26. The molecule has 1 aromatic heterocycles. The van der Waals surface area contributed by atoms with Gasteiger partial charge in [-0.3, -0.25) is 0 Å². The van der Waals surface area contributed by atoms with Gasteiger partial charge in [0.15, 0.2) is 0 Å². The highest BCUT2D eigenvalue weighted by Crippen LogP contribution is 2.11. The molecule has 0 saturated heterocycles. The lowest BCUT2D eigenvalue weighted by molar-refractivity contribution is 0.340. The van der Waals surface area contributed by atoms with Crippen molar-refractivity contribution in [3.8, 4) is 17.6 Å². The van der Waals surface area contributed by atoms with E-state index in [1.54, 1.807) is 0 Å². The Morgan fingerprint density at radius 3 is 2.36 bits per heavy atom. The third-order valence-electron chi connectivity index (χ3n) is 3.26. The Bertz CT molecular complexity index is 621. The van der Waals surface area contributed by atoms with Crippen LogP contribution in [-0.2, 0) is 6.42 Å². The van der Waals surface area contributed by atoms with Crippen LogP contribution in [0.4, 0.5) is 0 Å². The number of aryl methyl sites for hydroxylation is 1. The van der Waals surface area contributed by atoms with Crippen LogP contribution in [0, 0.1) is 11.8 Å². The van der Waals surface area contributed by atoms with E-state index in [2.05, 4.69) is 29.0 Å². The van der Waals surface area contributed by atoms with E-state index in [1.807, 2.05) is 43.3 Å². The maximum absolute atomic E-state index is 5.41. The summed E-state index contributed by atoms with van der Waals surface area (Å²) >= 11 is 0. The summed E-state index contributed by atoms with van der Waals surface area (Å²) in [5.74, 6) is 7.00. The Balaban J connectivity index is 1.96. The SMILES string of the molecule is CCCCCc1ccc(C#Cc2ccc(OCC)cc2)nn1. The Kier molecular flexibility index (Phi) is 6.44. The van der Waals surface area contributed by atoms with Crippen molar-refractivity contribution in [2.45, 2.75) is 39.5 Å². The van der Waals surface area contributed by atoms with E-state index >= 15 is 0 Å². The monoisotopic (exact) mass is 294 g/mol. The fraction of sp³-hybridized carbons (Fsp3) is 0.368. The second-order valence-corrected chi connectivity index (χ2v) is 5.07. The van der Waals surface area contributed by atoms with Gasteiger partial charge in [-0.25, -0.2) is 0 Å². The normalized spacial score (nSPS) is 9.91. The molecule has 0 fully saturated rings. The van der Waals surface area contributed by atoms with Crippen molar-refractivity contribution in [3.63, 3.8) is 0 Å². The van der Waals surface area contributed by atoms with Crippen LogP contribution < -0.4 is 4.74 Å². The van der Waals surface area contributed by atoms with Crippen LogP contribution in [0.25, 0.3) is 0 Å². The molecule has 0 aliphatic carbocycles. The number of aromatic nitrogens is 2. The topological polar surface area (TPSA) is 35.0 Å². The van der Waals surface area contributed by atoms with Gasteiger partial charge in [0.25, 0.3) is 0 Å². The molecular weight excluding hydrogens is 272 g/mol. The van der Waals surface area contributed by atoms with Crippen molar-refractivity contribution in [1.29, 1.82) is 0 Å². The zero-order valence-electron chi connectivity index (χ0n) is 13.3. The molecule has 2 aromatic rings. The Morgan fingerprint density at radius 2 is 1.73 bits per heavy atom. The summed E-state index contributed by atoms with van der Waals surface area (Å²) in [5.41, 5.74) is 2.69. The number of rotatable bonds is 6. The van der Waals surface area contributed by atoms with Crippen molar-refractivity contribution in [1.82, 2.24) is 10.2 Å². The minimum Gasteiger partial charge on any atom is -0.494 e. The lowest BCUT2D eigenvalue weighted by atomic mass is 10.1. The molecule has 114 valence electrons. The molecule has 0 N–H and O–H groups in total. The average Bonchev–Trinajstić information content (AvgIpc) is 2.56. The first kappa shape index (κ1) is 16.0. The van der Waals surface area contributed by atoms with Gasteiger partial charge in [0.1, 0.15) is 11.4 Å². The number of hydrogen-bond donors (Lipinski definition) is 0. The van der Waals surface area contributed by atoms with Crippen LogP contribution in [0.3, 0.4) is 0 Å². The number of hydrogen-bond acceptors (Lipinski definition) is 3. The number of nitrogens with zero attached hydrogens (tertiary/aromatic N) is 2.